The second-order valence-electron chi connectivity index (χ2n) is 19.8. The second-order valence-corrected chi connectivity index (χ2v) is 19.8. The van der Waals surface area contributed by atoms with E-state index < -0.39 is 0 Å². The summed E-state index contributed by atoms with van der Waals surface area (Å²) < 4.78 is 2.63. The van der Waals surface area contributed by atoms with Gasteiger partial charge in [0.05, 0.1) is 11.0 Å². The van der Waals surface area contributed by atoms with Crippen LogP contribution in [0, 0.1) is 0 Å². The van der Waals surface area contributed by atoms with Crippen LogP contribution < -0.4 is 15.7 Å². The third kappa shape index (κ3) is 4.40. The van der Waals surface area contributed by atoms with E-state index in [2.05, 4.69) is 204 Å². The monoisotopic (exact) mass is 746 g/mol. The molecule has 3 heteroatoms. The van der Waals surface area contributed by atoms with Crippen molar-refractivity contribution in [3.05, 3.63) is 162 Å². The van der Waals surface area contributed by atoms with Gasteiger partial charge in [-0.05, 0) is 131 Å². The molecule has 2 aliphatic heterocycles. The highest BCUT2D eigenvalue weighted by Crippen LogP contribution is 2.53. The number of rotatable bonds is 1. The molecule has 0 saturated heterocycles. The largest absolute Gasteiger partial charge is 0.376 e. The maximum Gasteiger partial charge on any atom is 0.333 e. The van der Waals surface area contributed by atoms with Crippen molar-refractivity contribution in [2.45, 2.75) is 71.6 Å². The van der Waals surface area contributed by atoms with Gasteiger partial charge in [-0.15, -0.1) is 0 Å². The molecule has 0 amide bonds. The van der Waals surface area contributed by atoms with Gasteiger partial charge in [0.15, 0.2) is 0 Å². The second kappa shape index (κ2) is 11.1. The maximum absolute atomic E-state index is 2.72. The van der Waals surface area contributed by atoms with Crippen LogP contribution in [0.1, 0.15) is 77.6 Å². The molecule has 280 valence electrons. The fraction of sp³-hybridized carbons (Fsp3) is 0.200. The average Bonchev–Trinajstić information content (AvgIpc) is 3.66. The molecule has 8 aromatic carbocycles. The molecule has 1 aliphatic carbocycles. The zero-order valence-electron chi connectivity index (χ0n) is 34.8. The molecule has 0 spiro atoms. The molecule has 0 bridgehead atoms. The number of hydrogen-bond donors (Lipinski definition) is 0. The van der Waals surface area contributed by atoms with Crippen LogP contribution in [0.15, 0.2) is 140 Å². The molecule has 3 heterocycles. The minimum absolute atomic E-state index is 0.0290. The molecule has 2 nitrogen and oxygen atoms in total. The van der Waals surface area contributed by atoms with Crippen molar-refractivity contribution in [2.24, 2.45) is 0 Å². The molecule has 0 radical (unpaired) electrons. The summed E-state index contributed by atoms with van der Waals surface area (Å²) in [7, 11) is 0. The molecule has 0 N–H and O–H groups in total. The summed E-state index contributed by atoms with van der Waals surface area (Å²) in [6, 6.07) is 54.2. The lowest BCUT2D eigenvalue weighted by Crippen LogP contribution is -2.60. The number of fused-ring (bicyclic) bond motifs is 13. The fourth-order valence-electron chi connectivity index (χ4n) is 11.0. The van der Waals surface area contributed by atoms with Crippen LogP contribution in [0.2, 0.25) is 0 Å². The van der Waals surface area contributed by atoms with Crippen molar-refractivity contribution in [3.8, 4) is 27.9 Å². The zero-order valence-corrected chi connectivity index (χ0v) is 34.8. The van der Waals surface area contributed by atoms with Gasteiger partial charge in [-0.2, -0.15) is 0 Å². The summed E-state index contributed by atoms with van der Waals surface area (Å²) >= 11 is 0. The third-order valence-electron chi connectivity index (χ3n) is 14.0. The Balaban J connectivity index is 1.28. The standard InChI is InChI=1S/C55H47BN2/c1-53(2,3)35-21-24-47-41(28-35)42-29-36(54(4,5)6)30-46-52(42)57(47)49-27-34-17-11-12-18-38(34)50-43-25-32-15-9-10-16-33(32)26-48(43)58(56(46)51(49)50)37-22-23-45-40(31-37)39-19-13-14-20-44(39)55(45,7)8/h9-31H,1-8H3. The van der Waals surface area contributed by atoms with Crippen molar-refractivity contribution in [3.63, 3.8) is 0 Å². The quantitative estimate of drug-likeness (QED) is 0.152. The average molecular weight is 747 g/mol. The van der Waals surface area contributed by atoms with Crippen molar-refractivity contribution in [1.82, 2.24) is 4.57 Å². The SMILES string of the molecule is CC(C)(C)c1ccc2c(c1)c1cc(C(C)(C)C)cc3c1n2-c1cc2ccccc2c2c1B3N(c1ccc3c(c1)-c1ccccc1C3(C)C)c1cc3ccccc3cc1-2. The third-order valence-corrected chi connectivity index (χ3v) is 14.0. The summed E-state index contributed by atoms with van der Waals surface area (Å²) in [5, 5.41) is 7.79. The van der Waals surface area contributed by atoms with Crippen LogP contribution >= 0.6 is 0 Å². The fourth-order valence-corrected chi connectivity index (χ4v) is 11.0. The number of aromatic nitrogens is 1. The topological polar surface area (TPSA) is 8.17 Å². The van der Waals surface area contributed by atoms with Gasteiger partial charge >= 0.3 is 6.85 Å². The Morgan fingerprint density at radius 3 is 1.93 bits per heavy atom. The molecule has 3 aliphatic rings. The van der Waals surface area contributed by atoms with Gasteiger partial charge in [-0.1, -0.05) is 146 Å². The highest BCUT2D eigenvalue weighted by atomic mass is 15.1. The van der Waals surface area contributed by atoms with Crippen LogP contribution in [-0.4, -0.2) is 11.4 Å². The molecular weight excluding hydrogens is 699 g/mol. The van der Waals surface area contributed by atoms with E-state index in [0.717, 1.165) is 0 Å². The Hall–Kier alpha value is -6.06. The van der Waals surface area contributed by atoms with Crippen molar-refractivity contribution >= 4 is 72.5 Å². The van der Waals surface area contributed by atoms with Crippen molar-refractivity contribution in [1.29, 1.82) is 0 Å². The number of anilines is 2. The van der Waals surface area contributed by atoms with Crippen LogP contribution in [0.3, 0.4) is 0 Å². The van der Waals surface area contributed by atoms with Gasteiger partial charge in [0, 0.05) is 38.8 Å². The molecule has 0 unspecified atom stereocenters. The van der Waals surface area contributed by atoms with E-state index in [1.54, 1.807) is 0 Å². The van der Waals surface area contributed by atoms with E-state index >= 15 is 0 Å². The molecule has 0 atom stereocenters. The molecule has 9 aromatic rings. The molecule has 1 aromatic heterocycles. The Bertz CT molecular complexity index is 3290. The smallest absolute Gasteiger partial charge is 0.333 e. The van der Waals surface area contributed by atoms with Gasteiger partial charge < -0.3 is 9.38 Å². The van der Waals surface area contributed by atoms with Crippen LogP contribution in [0.5, 0.6) is 0 Å². The van der Waals surface area contributed by atoms with Crippen LogP contribution in [0.4, 0.5) is 11.4 Å². The van der Waals surface area contributed by atoms with Gasteiger partial charge in [0.25, 0.3) is 0 Å². The first-order chi connectivity index (χ1) is 27.8. The summed E-state index contributed by atoms with van der Waals surface area (Å²) in [4.78, 5) is 2.72. The zero-order chi connectivity index (χ0) is 39.6. The minimum atomic E-state index is -0.0654. The lowest BCUT2D eigenvalue weighted by molar-refractivity contribution is 0.590. The lowest BCUT2D eigenvalue weighted by atomic mass is 9.43. The molecular formula is C55H47BN2. The van der Waals surface area contributed by atoms with Crippen molar-refractivity contribution < 1.29 is 0 Å². The van der Waals surface area contributed by atoms with Crippen LogP contribution in [-0.2, 0) is 16.2 Å². The Labute approximate surface area is 341 Å². The van der Waals surface area contributed by atoms with Gasteiger partial charge in [0.2, 0.25) is 0 Å². The Kier molecular flexibility index (Phi) is 6.52. The lowest BCUT2D eigenvalue weighted by Gasteiger charge is -2.43. The number of hydrogen-bond acceptors (Lipinski definition) is 1. The number of benzene rings is 8. The van der Waals surface area contributed by atoms with Gasteiger partial charge in [0.1, 0.15) is 0 Å². The highest BCUT2D eigenvalue weighted by molar-refractivity contribution is 6.94. The van der Waals surface area contributed by atoms with E-state index in [9.17, 15) is 0 Å². The molecule has 12 rings (SSSR count). The molecule has 0 fully saturated rings. The van der Waals surface area contributed by atoms with Gasteiger partial charge in [-0.3, -0.25) is 0 Å². The highest BCUT2D eigenvalue weighted by Gasteiger charge is 2.46. The predicted molar refractivity (Wildman–Crippen MR) is 250 cm³/mol. The molecule has 58 heavy (non-hydrogen) atoms. The van der Waals surface area contributed by atoms with E-state index in [4.69, 9.17) is 0 Å². The van der Waals surface area contributed by atoms with E-state index in [1.807, 2.05) is 0 Å². The maximum atomic E-state index is 2.72. The van der Waals surface area contributed by atoms with Crippen molar-refractivity contribution in [2.75, 3.05) is 4.81 Å². The Morgan fingerprint density at radius 2 is 1.16 bits per heavy atom. The summed E-state index contributed by atoms with van der Waals surface area (Å²) in [5.41, 5.74) is 19.9. The summed E-state index contributed by atoms with van der Waals surface area (Å²) in [6.45, 7) is 18.8. The predicted octanol–water partition coefficient (Wildman–Crippen LogP) is 13.2. The summed E-state index contributed by atoms with van der Waals surface area (Å²) in [5.74, 6) is 0. The molecule has 0 saturated carbocycles. The van der Waals surface area contributed by atoms with E-state index in [0.29, 0.717) is 0 Å². The minimum Gasteiger partial charge on any atom is -0.376 e. The van der Waals surface area contributed by atoms with Gasteiger partial charge in [-0.25, -0.2) is 0 Å². The Morgan fingerprint density at radius 1 is 0.500 bits per heavy atom. The van der Waals surface area contributed by atoms with E-state index in [1.165, 1.54) is 116 Å². The first kappa shape index (κ1) is 34.0. The normalized spacial score (nSPS) is 15.0. The first-order valence-electron chi connectivity index (χ1n) is 21.0. The van der Waals surface area contributed by atoms with Crippen LogP contribution in [0.25, 0.3) is 71.3 Å². The first-order valence-corrected chi connectivity index (χ1v) is 21.0. The van der Waals surface area contributed by atoms with E-state index in [-0.39, 0.29) is 23.1 Å². The number of nitrogens with zero attached hydrogens (tertiary/aromatic N) is 2. The summed E-state index contributed by atoms with van der Waals surface area (Å²) in [6.07, 6.45) is 0.